The fraction of sp³-hybridized carbons (Fsp3) is 0.500. The summed E-state index contributed by atoms with van der Waals surface area (Å²) in [5, 5.41) is 2.19. The average molecular weight is 382 g/mol. The first-order valence-corrected chi connectivity index (χ1v) is 7.84. The van der Waals surface area contributed by atoms with Crippen molar-refractivity contribution in [2.24, 2.45) is 0 Å². The smallest absolute Gasteiger partial charge is 0.352 e. The summed E-state index contributed by atoms with van der Waals surface area (Å²) >= 11 is 0. The molecule has 0 spiro atoms. The van der Waals surface area contributed by atoms with E-state index in [1.54, 1.807) is 4.90 Å². The summed E-state index contributed by atoms with van der Waals surface area (Å²) in [6.07, 6.45) is -8.37. The van der Waals surface area contributed by atoms with Gasteiger partial charge in [-0.15, -0.1) is 0 Å². The molecule has 1 aromatic carbocycles. The molecule has 1 saturated heterocycles. The number of likely N-dealkylation sites (tertiary alicyclic amines) is 1. The Labute approximate surface area is 145 Å². The van der Waals surface area contributed by atoms with E-state index in [9.17, 15) is 35.9 Å². The van der Waals surface area contributed by atoms with Crippen LogP contribution in [-0.4, -0.2) is 36.3 Å². The van der Waals surface area contributed by atoms with Crippen LogP contribution in [0.25, 0.3) is 0 Å². The highest BCUT2D eigenvalue weighted by atomic mass is 19.4. The van der Waals surface area contributed by atoms with Gasteiger partial charge in [-0.05, 0) is 31.0 Å². The van der Waals surface area contributed by atoms with Crippen LogP contribution in [0.1, 0.15) is 40.7 Å². The van der Waals surface area contributed by atoms with Crippen LogP contribution in [0.3, 0.4) is 0 Å². The van der Waals surface area contributed by atoms with E-state index in [0.717, 1.165) is 12.8 Å². The second-order valence-electron chi connectivity index (χ2n) is 5.89. The number of nitrogens with zero attached hydrogens (tertiary/aromatic N) is 1. The lowest BCUT2D eigenvalue weighted by molar-refractivity contribution is -0.143. The lowest BCUT2D eigenvalue weighted by Crippen LogP contribution is -2.32. The normalized spacial score (nSPS) is 15.2. The topological polar surface area (TPSA) is 49.4 Å². The zero-order valence-electron chi connectivity index (χ0n) is 13.5. The standard InChI is InChI=1S/C16H16F6N2O2/c17-15(18,19)11-7-10(8-12(9-11)16(20,21)22)14(26)23-4-3-13(25)24-5-1-2-6-24/h7-9H,1-6H2,(H,23,26). The number of carbonyl (C=O) groups excluding carboxylic acids is 2. The number of hydrogen-bond acceptors (Lipinski definition) is 2. The van der Waals surface area contributed by atoms with E-state index in [4.69, 9.17) is 0 Å². The van der Waals surface area contributed by atoms with Gasteiger partial charge in [0, 0.05) is 31.6 Å². The quantitative estimate of drug-likeness (QED) is 0.811. The van der Waals surface area contributed by atoms with Crippen LogP contribution in [0, 0.1) is 0 Å². The molecule has 2 rings (SSSR count). The second kappa shape index (κ2) is 7.55. The van der Waals surface area contributed by atoms with Crippen LogP contribution < -0.4 is 5.32 Å². The fourth-order valence-electron chi connectivity index (χ4n) is 2.60. The molecule has 0 saturated carbocycles. The third-order valence-electron chi connectivity index (χ3n) is 3.93. The first kappa shape index (κ1) is 20.1. The minimum absolute atomic E-state index is 0.0479. The highest BCUT2D eigenvalue weighted by Crippen LogP contribution is 2.36. The lowest BCUT2D eigenvalue weighted by atomic mass is 10.0. The van der Waals surface area contributed by atoms with Crippen molar-refractivity contribution in [3.8, 4) is 0 Å². The molecular formula is C16H16F6N2O2. The lowest BCUT2D eigenvalue weighted by Gasteiger charge is -2.16. The summed E-state index contributed by atoms with van der Waals surface area (Å²) < 4.78 is 76.7. The molecule has 1 aliphatic rings. The predicted molar refractivity (Wildman–Crippen MR) is 79.2 cm³/mol. The fourth-order valence-corrected chi connectivity index (χ4v) is 2.60. The van der Waals surface area contributed by atoms with Crippen molar-refractivity contribution in [3.63, 3.8) is 0 Å². The minimum Gasteiger partial charge on any atom is -0.352 e. The number of halogens is 6. The minimum atomic E-state index is -5.03. The SMILES string of the molecule is O=C(NCCC(=O)N1CCCC1)c1cc(C(F)(F)F)cc(C(F)(F)F)c1. The van der Waals surface area contributed by atoms with E-state index in [2.05, 4.69) is 5.32 Å². The van der Waals surface area contributed by atoms with Crippen LogP contribution in [0.15, 0.2) is 18.2 Å². The molecule has 10 heteroatoms. The Kier molecular flexibility index (Phi) is 5.82. The number of amides is 2. The van der Waals surface area contributed by atoms with Gasteiger partial charge >= 0.3 is 12.4 Å². The Morgan fingerprint density at radius 1 is 0.923 bits per heavy atom. The van der Waals surface area contributed by atoms with Gasteiger partial charge in [0.05, 0.1) is 11.1 Å². The second-order valence-corrected chi connectivity index (χ2v) is 5.89. The van der Waals surface area contributed by atoms with Gasteiger partial charge in [0.15, 0.2) is 0 Å². The summed E-state index contributed by atoms with van der Waals surface area (Å²) in [5.74, 6) is -1.32. The molecule has 0 bridgehead atoms. The van der Waals surface area contributed by atoms with Crippen LogP contribution in [-0.2, 0) is 17.1 Å². The highest BCUT2D eigenvalue weighted by Gasteiger charge is 2.37. The molecule has 0 aromatic heterocycles. The zero-order chi connectivity index (χ0) is 19.5. The van der Waals surface area contributed by atoms with E-state index in [-0.39, 0.29) is 24.9 Å². The number of rotatable bonds is 4. The van der Waals surface area contributed by atoms with Crippen molar-refractivity contribution in [2.75, 3.05) is 19.6 Å². The maximum atomic E-state index is 12.8. The average Bonchev–Trinajstić information content (AvgIpc) is 3.07. The predicted octanol–water partition coefficient (Wildman–Crippen LogP) is 3.47. The van der Waals surface area contributed by atoms with E-state index >= 15 is 0 Å². The maximum absolute atomic E-state index is 12.8. The van der Waals surface area contributed by atoms with Gasteiger partial charge in [-0.2, -0.15) is 26.3 Å². The van der Waals surface area contributed by atoms with Gasteiger partial charge in [0.25, 0.3) is 5.91 Å². The van der Waals surface area contributed by atoms with Crippen molar-refractivity contribution in [3.05, 3.63) is 34.9 Å². The molecule has 2 amide bonds. The number of alkyl halides is 6. The van der Waals surface area contributed by atoms with Gasteiger partial charge in [-0.25, -0.2) is 0 Å². The molecule has 1 heterocycles. The van der Waals surface area contributed by atoms with Gasteiger partial charge in [0.2, 0.25) is 5.91 Å². The van der Waals surface area contributed by atoms with Crippen molar-refractivity contribution < 1.29 is 35.9 Å². The van der Waals surface area contributed by atoms with Gasteiger partial charge in [-0.1, -0.05) is 0 Å². The van der Waals surface area contributed by atoms with E-state index in [1.807, 2.05) is 0 Å². The number of hydrogen-bond donors (Lipinski definition) is 1. The monoisotopic (exact) mass is 382 g/mol. The Bertz CT molecular complexity index is 646. The Morgan fingerprint density at radius 2 is 1.42 bits per heavy atom. The van der Waals surface area contributed by atoms with Crippen LogP contribution in [0.4, 0.5) is 26.3 Å². The Morgan fingerprint density at radius 3 is 1.88 bits per heavy atom. The Balaban J connectivity index is 2.08. The summed E-state index contributed by atoms with van der Waals surface area (Å²) in [5.41, 5.74) is -3.89. The van der Waals surface area contributed by atoms with Gasteiger partial charge < -0.3 is 10.2 Å². The summed E-state index contributed by atoms with van der Waals surface area (Å²) in [4.78, 5) is 25.3. The summed E-state index contributed by atoms with van der Waals surface area (Å²) in [6, 6.07) is 0.660. The summed E-state index contributed by atoms with van der Waals surface area (Å²) in [7, 11) is 0. The Hall–Kier alpha value is -2.26. The maximum Gasteiger partial charge on any atom is 0.416 e. The highest BCUT2D eigenvalue weighted by molar-refractivity contribution is 5.95. The van der Waals surface area contributed by atoms with Crippen LogP contribution in [0.2, 0.25) is 0 Å². The number of nitrogens with one attached hydrogen (secondary N) is 1. The third-order valence-corrected chi connectivity index (χ3v) is 3.93. The van der Waals surface area contributed by atoms with Crippen molar-refractivity contribution in [1.82, 2.24) is 10.2 Å². The van der Waals surface area contributed by atoms with Crippen molar-refractivity contribution in [2.45, 2.75) is 31.6 Å². The molecule has 0 unspecified atom stereocenters. The zero-order valence-corrected chi connectivity index (χ0v) is 13.5. The van der Waals surface area contributed by atoms with Gasteiger partial charge in [-0.3, -0.25) is 9.59 Å². The van der Waals surface area contributed by atoms with E-state index < -0.39 is 35.0 Å². The largest absolute Gasteiger partial charge is 0.416 e. The molecule has 0 atom stereocenters. The third kappa shape index (κ3) is 5.12. The number of carbonyl (C=O) groups is 2. The van der Waals surface area contributed by atoms with Crippen LogP contribution in [0.5, 0.6) is 0 Å². The van der Waals surface area contributed by atoms with Crippen molar-refractivity contribution >= 4 is 11.8 Å². The van der Waals surface area contributed by atoms with E-state index in [0.29, 0.717) is 25.2 Å². The van der Waals surface area contributed by atoms with Gasteiger partial charge in [0.1, 0.15) is 0 Å². The van der Waals surface area contributed by atoms with Crippen LogP contribution >= 0.6 is 0 Å². The van der Waals surface area contributed by atoms with Crippen molar-refractivity contribution in [1.29, 1.82) is 0 Å². The first-order chi connectivity index (χ1) is 12.0. The first-order valence-electron chi connectivity index (χ1n) is 7.84. The molecular weight excluding hydrogens is 366 g/mol. The summed E-state index contributed by atoms with van der Waals surface area (Å²) in [6.45, 7) is 1.04. The number of benzene rings is 1. The molecule has 0 aliphatic carbocycles. The molecule has 1 aliphatic heterocycles. The molecule has 4 nitrogen and oxygen atoms in total. The molecule has 0 radical (unpaired) electrons. The molecule has 144 valence electrons. The molecule has 1 fully saturated rings. The molecule has 1 aromatic rings. The van der Waals surface area contributed by atoms with E-state index in [1.165, 1.54) is 0 Å². The molecule has 26 heavy (non-hydrogen) atoms. The molecule has 1 N–H and O–H groups in total.